The van der Waals surface area contributed by atoms with Crippen LogP contribution in [0.3, 0.4) is 0 Å². The van der Waals surface area contributed by atoms with Crippen LogP contribution >= 0.6 is 31.9 Å². The molecule has 0 aromatic carbocycles. The second-order valence-corrected chi connectivity index (χ2v) is 5.88. The Morgan fingerprint density at radius 1 is 1.43 bits per heavy atom. The van der Waals surface area contributed by atoms with Crippen LogP contribution in [-0.4, -0.2) is 19.8 Å². The molecule has 2 rings (SSSR count). The van der Waals surface area contributed by atoms with Crippen molar-refractivity contribution in [3.8, 4) is 0 Å². The molecule has 78 valence electrons. The number of hydrogen-bond acceptors (Lipinski definition) is 2. The van der Waals surface area contributed by atoms with Crippen LogP contribution in [0, 0.1) is 5.92 Å². The zero-order valence-electron chi connectivity index (χ0n) is 8.24. The Morgan fingerprint density at radius 3 is 2.57 bits per heavy atom. The van der Waals surface area contributed by atoms with Gasteiger partial charge in [-0.25, -0.2) is 0 Å². The zero-order chi connectivity index (χ0) is 10.3. The first kappa shape index (κ1) is 10.6. The van der Waals surface area contributed by atoms with Gasteiger partial charge in [-0.1, -0.05) is 28.1 Å². The minimum atomic E-state index is 0.578. The van der Waals surface area contributed by atoms with E-state index in [1.54, 1.807) is 0 Å². The van der Waals surface area contributed by atoms with Gasteiger partial charge >= 0.3 is 0 Å². The van der Waals surface area contributed by atoms with Gasteiger partial charge in [-0.15, -0.1) is 5.10 Å². The summed E-state index contributed by atoms with van der Waals surface area (Å²) in [6.45, 7) is 2.29. The Morgan fingerprint density at radius 2 is 2.14 bits per heavy atom. The van der Waals surface area contributed by atoms with Gasteiger partial charge in [-0.3, -0.25) is 4.68 Å². The highest BCUT2D eigenvalue weighted by atomic mass is 79.9. The van der Waals surface area contributed by atoms with Crippen LogP contribution in [0.15, 0.2) is 4.60 Å². The minimum absolute atomic E-state index is 0.578. The molecule has 1 aliphatic rings. The number of halogens is 2. The van der Waals surface area contributed by atoms with Crippen molar-refractivity contribution < 1.29 is 0 Å². The molecule has 0 spiro atoms. The van der Waals surface area contributed by atoms with Crippen molar-refractivity contribution in [2.75, 3.05) is 0 Å². The highest BCUT2D eigenvalue weighted by molar-refractivity contribution is 9.10. The van der Waals surface area contributed by atoms with Crippen LogP contribution in [0.4, 0.5) is 0 Å². The molecule has 0 amide bonds. The van der Waals surface area contributed by atoms with Crippen LogP contribution in [0.25, 0.3) is 0 Å². The van der Waals surface area contributed by atoms with Gasteiger partial charge in [0.2, 0.25) is 0 Å². The van der Waals surface area contributed by atoms with Gasteiger partial charge in [0, 0.05) is 17.8 Å². The Labute approximate surface area is 101 Å². The first-order chi connectivity index (χ1) is 6.61. The van der Waals surface area contributed by atoms with E-state index >= 15 is 0 Å². The van der Waals surface area contributed by atoms with Crippen molar-refractivity contribution in [2.45, 2.75) is 30.5 Å². The first-order valence-corrected chi connectivity index (χ1v) is 6.51. The highest BCUT2D eigenvalue weighted by Gasteiger charge is 2.35. The van der Waals surface area contributed by atoms with Crippen molar-refractivity contribution in [3.05, 3.63) is 10.3 Å². The molecule has 0 aliphatic heterocycles. The average molecular weight is 323 g/mol. The summed E-state index contributed by atoms with van der Waals surface area (Å²) in [4.78, 5) is 0.634. The maximum atomic E-state index is 4.03. The van der Waals surface area contributed by atoms with Gasteiger partial charge in [-0.05, 0) is 34.7 Å². The van der Waals surface area contributed by atoms with Crippen LogP contribution in [-0.2, 0) is 7.05 Å². The number of rotatable bonds is 1. The molecule has 0 bridgehead atoms. The summed E-state index contributed by atoms with van der Waals surface area (Å²) in [7, 11) is 1.96. The van der Waals surface area contributed by atoms with E-state index in [9.17, 15) is 0 Å². The molecule has 3 atom stereocenters. The molecule has 3 nitrogen and oxygen atoms in total. The molecule has 14 heavy (non-hydrogen) atoms. The Kier molecular flexibility index (Phi) is 2.98. The predicted octanol–water partition coefficient (Wildman–Crippen LogP) is 2.85. The summed E-state index contributed by atoms with van der Waals surface area (Å²) in [5.41, 5.74) is 1.24. The summed E-state index contributed by atoms with van der Waals surface area (Å²) < 4.78 is 2.79. The summed E-state index contributed by atoms with van der Waals surface area (Å²) in [5, 5.41) is 8.06. The van der Waals surface area contributed by atoms with Crippen LogP contribution in [0.1, 0.15) is 31.4 Å². The first-order valence-electron chi connectivity index (χ1n) is 4.80. The van der Waals surface area contributed by atoms with E-state index < -0.39 is 0 Å². The summed E-state index contributed by atoms with van der Waals surface area (Å²) in [6, 6.07) is 0. The lowest BCUT2D eigenvalue weighted by Gasteiger charge is -2.17. The van der Waals surface area contributed by atoms with E-state index in [-0.39, 0.29) is 0 Å². The molecule has 1 aromatic rings. The fourth-order valence-electron chi connectivity index (χ4n) is 2.23. The van der Waals surface area contributed by atoms with Crippen LogP contribution in [0.5, 0.6) is 0 Å². The Hall–Kier alpha value is 0.1000. The summed E-state index contributed by atoms with van der Waals surface area (Å²) >= 11 is 7.18. The van der Waals surface area contributed by atoms with Gasteiger partial charge in [0.05, 0.1) is 5.69 Å². The smallest absolute Gasteiger partial charge is 0.151 e. The quantitative estimate of drug-likeness (QED) is 0.744. The average Bonchev–Trinajstić information content (AvgIpc) is 2.62. The van der Waals surface area contributed by atoms with Crippen molar-refractivity contribution >= 4 is 31.9 Å². The van der Waals surface area contributed by atoms with Gasteiger partial charge in [0.25, 0.3) is 0 Å². The SMILES string of the molecule is CC1C(Br)CCC1c1c(Br)nnn1C. The van der Waals surface area contributed by atoms with Crippen LogP contribution < -0.4 is 0 Å². The molecule has 1 aliphatic carbocycles. The molecule has 5 heteroatoms. The third kappa shape index (κ3) is 1.65. The maximum Gasteiger partial charge on any atom is 0.151 e. The largest absolute Gasteiger partial charge is 0.251 e. The van der Waals surface area contributed by atoms with Crippen molar-refractivity contribution in [1.29, 1.82) is 0 Å². The highest BCUT2D eigenvalue weighted by Crippen LogP contribution is 2.44. The van der Waals surface area contributed by atoms with E-state index in [0.29, 0.717) is 16.7 Å². The molecule has 1 fully saturated rings. The third-order valence-corrected chi connectivity index (χ3v) is 4.99. The topological polar surface area (TPSA) is 30.7 Å². The van der Waals surface area contributed by atoms with Gasteiger partial charge in [0.1, 0.15) is 0 Å². The van der Waals surface area contributed by atoms with Crippen molar-refractivity contribution in [2.24, 2.45) is 13.0 Å². The molecular formula is C9H13Br2N3. The fourth-order valence-corrected chi connectivity index (χ4v) is 3.49. The number of hydrogen-bond donors (Lipinski definition) is 0. The normalized spacial score (nSPS) is 32.4. The van der Waals surface area contributed by atoms with E-state index in [4.69, 9.17) is 0 Å². The molecule has 0 N–H and O–H groups in total. The molecule has 1 saturated carbocycles. The van der Waals surface area contributed by atoms with E-state index in [0.717, 1.165) is 4.60 Å². The fraction of sp³-hybridized carbons (Fsp3) is 0.778. The van der Waals surface area contributed by atoms with Crippen molar-refractivity contribution in [1.82, 2.24) is 15.0 Å². The number of nitrogens with zero attached hydrogens (tertiary/aromatic N) is 3. The van der Waals surface area contributed by atoms with Gasteiger partial charge in [0.15, 0.2) is 4.60 Å². The lowest BCUT2D eigenvalue weighted by molar-refractivity contribution is 0.503. The third-order valence-electron chi connectivity index (χ3n) is 3.14. The molecule has 1 heterocycles. The second kappa shape index (κ2) is 3.93. The van der Waals surface area contributed by atoms with Crippen LogP contribution in [0.2, 0.25) is 0 Å². The standard InChI is InChI=1S/C9H13Br2N3/c1-5-6(3-4-7(5)10)8-9(11)12-13-14(8)2/h5-7H,3-4H2,1-2H3. The zero-order valence-corrected chi connectivity index (χ0v) is 11.4. The monoisotopic (exact) mass is 321 g/mol. The predicted molar refractivity (Wildman–Crippen MR) is 62.6 cm³/mol. The molecular weight excluding hydrogens is 310 g/mol. The second-order valence-electron chi connectivity index (χ2n) is 3.95. The molecule has 3 unspecified atom stereocenters. The van der Waals surface area contributed by atoms with E-state index in [1.165, 1.54) is 18.5 Å². The Balaban J connectivity index is 2.32. The van der Waals surface area contributed by atoms with Gasteiger partial charge in [-0.2, -0.15) is 0 Å². The van der Waals surface area contributed by atoms with Gasteiger partial charge < -0.3 is 0 Å². The number of aryl methyl sites for hydroxylation is 1. The summed E-state index contributed by atoms with van der Waals surface area (Å²) in [6.07, 6.45) is 2.46. The van der Waals surface area contributed by atoms with E-state index in [2.05, 4.69) is 49.1 Å². The molecule has 0 saturated heterocycles. The minimum Gasteiger partial charge on any atom is -0.251 e. The molecule has 1 aromatic heterocycles. The van der Waals surface area contributed by atoms with E-state index in [1.807, 2.05) is 11.7 Å². The van der Waals surface area contributed by atoms with Crippen molar-refractivity contribution in [3.63, 3.8) is 0 Å². The maximum absolute atomic E-state index is 4.03. The summed E-state index contributed by atoms with van der Waals surface area (Å²) in [5.74, 6) is 1.23. The lowest BCUT2D eigenvalue weighted by atomic mass is 9.95. The number of alkyl halides is 1. The lowest BCUT2D eigenvalue weighted by Crippen LogP contribution is -2.13. The Bertz CT molecular complexity index is 317. The molecule has 0 radical (unpaired) electrons. The number of aromatic nitrogens is 3.